The van der Waals surface area contributed by atoms with Gasteiger partial charge in [-0.1, -0.05) is 0 Å². The van der Waals surface area contributed by atoms with Crippen LogP contribution in [0.5, 0.6) is 0 Å². The molecule has 0 aromatic heterocycles. The molecule has 3 aromatic carbocycles. The molecule has 35 heavy (non-hydrogen) atoms. The topological polar surface area (TPSA) is 81.4 Å². The van der Waals surface area contributed by atoms with Gasteiger partial charge in [0.25, 0.3) is 0 Å². The Morgan fingerprint density at radius 1 is 0.857 bits per heavy atom. The van der Waals surface area contributed by atoms with E-state index in [1.807, 2.05) is 18.2 Å². The molecule has 8 heteroatoms. The van der Waals surface area contributed by atoms with Crippen LogP contribution in [0.3, 0.4) is 0 Å². The average Bonchev–Trinajstić information content (AvgIpc) is 2.92. The summed E-state index contributed by atoms with van der Waals surface area (Å²) < 4.78 is 5.36. The van der Waals surface area contributed by atoms with Gasteiger partial charge < -0.3 is 0 Å². The van der Waals surface area contributed by atoms with Crippen LogP contribution in [0.2, 0.25) is 0 Å². The van der Waals surface area contributed by atoms with Gasteiger partial charge in [0.1, 0.15) is 0 Å². The van der Waals surface area contributed by atoms with E-state index in [1.54, 1.807) is 0 Å². The molecule has 3 rings (SSSR count). The van der Waals surface area contributed by atoms with E-state index in [0.29, 0.717) is 6.42 Å². The maximum absolute atomic E-state index is 12.0. The number of thiol groups is 1. The molecule has 0 bridgehead atoms. The van der Waals surface area contributed by atoms with Crippen molar-refractivity contribution in [1.82, 2.24) is 5.32 Å². The Labute approximate surface area is 220 Å². The molecule has 5 nitrogen and oxygen atoms in total. The van der Waals surface area contributed by atoms with E-state index >= 15 is 0 Å². The number of carbonyl (C=O) groups is 2. The Kier molecular flexibility index (Phi) is 9.93. The summed E-state index contributed by atoms with van der Waals surface area (Å²) in [4.78, 5) is 23.8. The van der Waals surface area contributed by atoms with Crippen LogP contribution < -0.4 is 27.0 Å². The van der Waals surface area contributed by atoms with Crippen LogP contribution in [0.25, 0.3) is 0 Å². The van der Waals surface area contributed by atoms with Gasteiger partial charge in [-0.25, -0.2) is 0 Å². The van der Waals surface area contributed by atoms with Crippen molar-refractivity contribution in [1.29, 1.82) is 0 Å². The molecule has 0 saturated carbocycles. The second-order valence-corrected chi connectivity index (χ2v) is 17.8. The normalized spacial score (nSPS) is 13.3. The summed E-state index contributed by atoms with van der Waals surface area (Å²) in [6.07, 6.45) is 2.41. The Morgan fingerprint density at radius 2 is 1.31 bits per heavy atom. The third-order valence-electron chi connectivity index (χ3n) is 6.06. The fraction of sp³-hybridized carbons (Fsp3) is 0.259. The number of hydrogen-bond acceptors (Lipinski definition) is 5. The first-order valence-electron chi connectivity index (χ1n) is 11.6. The summed E-state index contributed by atoms with van der Waals surface area (Å²) in [6.45, 7) is 0.0848. The van der Waals surface area contributed by atoms with Crippen LogP contribution in [0.4, 0.5) is 0 Å². The van der Waals surface area contributed by atoms with E-state index < -0.39 is 23.2 Å². The van der Waals surface area contributed by atoms with Crippen LogP contribution >= 0.6 is 33.4 Å². The molecular weight excluding hydrogens is 543 g/mol. The zero-order valence-electron chi connectivity index (χ0n) is 19.6. The summed E-state index contributed by atoms with van der Waals surface area (Å²) in [7, 11) is 0. The second-order valence-electron chi connectivity index (χ2n) is 8.35. The van der Waals surface area contributed by atoms with Gasteiger partial charge in [0.05, 0.1) is 0 Å². The molecule has 3 aromatic rings. The van der Waals surface area contributed by atoms with Gasteiger partial charge in [-0.2, -0.15) is 0 Å². The fourth-order valence-electron chi connectivity index (χ4n) is 4.17. The number of halogens is 1. The summed E-state index contributed by atoms with van der Waals surface area (Å²) in [5.74, 6) is -0.679. The third-order valence-corrected chi connectivity index (χ3v) is 16.5. The van der Waals surface area contributed by atoms with Crippen LogP contribution in [0.1, 0.15) is 12.8 Å². The number of nitrogens with one attached hydrogen (secondary N) is 1. The minimum atomic E-state index is -2.97. The quantitative estimate of drug-likeness (QED) is 0.134. The summed E-state index contributed by atoms with van der Waals surface area (Å²) in [6, 6.07) is 31.1. The Hall–Kier alpha value is -2.18. The molecule has 186 valence electrons. The number of ether oxygens (including phenoxy) is 1. The Balaban J connectivity index is 1.76. The minimum absolute atomic E-state index is 0.198. The van der Waals surface area contributed by atoms with Crippen molar-refractivity contribution >= 4 is 61.2 Å². The molecule has 0 fully saturated rings. The first-order valence-corrected chi connectivity index (χ1v) is 16.7. The number of amides is 1. The first kappa shape index (κ1) is 27.4. The zero-order valence-corrected chi connectivity index (χ0v) is 22.9. The predicted octanol–water partition coefficient (Wildman–Crippen LogP) is 3.52. The third kappa shape index (κ3) is 6.34. The van der Waals surface area contributed by atoms with Gasteiger partial charge in [0, 0.05) is 0 Å². The maximum atomic E-state index is 12.0. The number of hydrogen-bond donors (Lipinski definition) is 3. The molecule has 0 unspecified atom stereocenters. The van der Waals surface area contributed by atoms with E-state index in [0.717, 1.165) is 12.6 Å². The van der Waals surface area contributed by atoms with Gasteiger partial charge >= 0.3 is 222 Å². The Bertz CT molecular complexity index is 1000. The SMILES string of the molecule is N[C@@H](CS)C(=O)NCC(=O)OCCCCP(Br)(c1ccccc1)(c1ccccc1)c1ccccc1. The van der Waals surface area contributed by atoms with E-state index in [1.165, 1.54) is 15.9 Å². The molecule has 1 atom stereocenters. The molecule has 0 saturated heterocycles. The number of carbonyl (C=O) groups excluding carboxylic acids is 2. The number of esters is 1. The van der Waals surface area contributed by atoms with Gasteiger partial charge in [-0.05, 0) is 0 Å². The van der Waals surface area contributed by atoms with E-state index in [2.05, 4.69) is 106 Å². The van der Waals surface area contributed by atoms with Gasteiger partial charge in [0.2, 0.25) is 0 Å². The molecule has 0 aliphatic carbocycles. The fourth-order valence-corrected chi connectivity index (χ4v) is 12.1. The van der Waals surface area contributed by atoms with Crippen LogP contribution in [-0.4, -0.2) is 43.0 Å². The second kappa shape index (κ2) is 12.7. The molecule has 1 amide bonds. The number of unbranched alkanes of at least 4 members (excludes halogenated alkanes) is 1. The Morgan fingerprint density at radius 3 is 1.74 bits per heavy atom. The summed E-state index contributed by atoms with van der Waals surface area (Å²) in [5, 5.41) is 3.29. The van der Waals surface area contributed by atoms with Gasteiger partial charge in [-0.3, -0.25) is 0 Å². The molecule has 0 radical (unpaired) electrons. The molecular formula is C27H32BrN2O3PS. The first-order chi connectivity index (χ1) is 16.9. The van der Waals surface area contributed by atoms with Crippen molar-refractivity contribution in [3.63, 3.8) is 0 Å². The molecule has 3 N–H and O–H groups in total. The van der Waals surface area contributed by atoms with Gasteiger partial charge in [0.15, 0.2) is 0 Å². The number of benzene rings is 3. The van der Waals surface area contributed by atoms with Crippen molar-refractivity contribution < 1.29 is 14.3 Å². The molecule has 0 heterocycles. The predicted molar refractivity (Wildman–Crippen MR) is 154 cm³/mol. The van der Waals surface area contributed by atoms with Crippen LogP contribution in [0, 0.1) is 0 Å². The van der Waals surface area contributed by atoms with E-state index in [9.17, 15) is 9.59 Å². The summed E-state index contributed by atoms with van der Waals surface area (Å²) in [5.41, 5.74) is 5.60. The van der Waals surface area contributed by atoms with Crippen LogP contribution in [0.15, 0.2) is 91.0 Å². The van der Waals surface area contributed by atoms with Crippen molar-refractivity contribution in [2.24, 2.45) is 5.73 Å². The monoisotopic (exact) mass is 574 g/mol. The summed E-state index contributed by atoms with van der Waals surface area (Å²) >= 11 is 8.40. The average molecular weight is 576 g/mol. The van der Waals surface area contributed by atoms with E-state index in [-0.39, 0.29) is 18.9 Å². The number of nitrogens with two attached hydrogens (primary N) is 1. The van der Waals surface area contributed by atoms with Crippen molar-refractivity contribution in [3.8, 4) is 0 Å². The molecule has 0 aliphatic heterocycles. The van der Waals surface area contributed by atoms with E-state index in [4.69, 9.17) is 10.5 Å². The van der Waals surface area contributed by atoms with Crippen molar-refractivity contribution in [3.05, 3.63) is 91.0 Å². The van der Waals surface area contributed by atoms with Crippen molar-refractivity contribution in [2.45, 2.75) is 18.9 Å². The molecule has 0 spiro atoms. The van der Waals surface area contributed by atoms with Crippen molar-refractivity contribution in [2.75, 3.05) is 25.1 Å². The van der Waals surface area contributed by atoms with Gasteiger partial charge in [-0.15, -0.1) is 0 Å². The molecule has 0 aliphatic rings. The number of rotatable bonds is 12. The standard InChI is InChI=1S/C27H32BrN2O3PS/c28-34(22-12-4-1-5-13-22,23-14-6-2-7-15-23,24-16-8-3-9-17-24)19-11-10-18-33-26(31)20-30-27(32)25(29)21-35/h1-9,12-17,25,35H,10-11,18-21,29H2,(H,30,32)/t25-/m0/s1. The zero-order chi connectivity index (χ0) is 25.2. The van der Waals surface area contributed by atoms with Crippen LogP contribution in [-0.2, 0) is 14.3 Å².